The number of amides is 3. The Morgan fingerprint density at radius 1 is 1.05 bits per heavy atom. The number of likely N-dealkylation sites (N-methyl/N-ethyl adjacent to an activating group) is 1. The van der Waals surface area contributed by atoms with Gasteiger partial charge in [-0.25, -0.2) is 0 Å². The molecule has 7 N–H and O–H groups in total. The van der Waals surface area contributed by atoms with Crippen LogP contribution in [0.1, 0.15) is 84.0 Å². The molecule has 2 rings (SSSR count). The van der Waals surface area contributed by atoms with Crippen LogP contribution >= 0.6 is 0 Å². The average Bonchev–Trinajstić information content (AvgIpc) is 2.87. The second kappa shape index (κ2) is 15.1. The summed E-state index contributed by atoms with van der Waals surface area (Å²) in [5.41, 5.74) is 9.99. The number of ketones is 1. The Morgan fingerprint density at radius 3 is 2.30 bits per heavy atom. The van der Waals surface area contributed by atoms with Crippen LogP contribution in [0.5, 0.6) is 0 Å². The van der Waals surface area contributed by atoms with Gasteiger partial charge in [0.1, 0.15) is 0 Å². The summed E-state index contributed by atoms with van der Waals surface area (Å²) in [6.45, 7) is 3.72. The highest BCUT2D eigenvalue weighted by atomic mass is 16.4. The van der Waals surface area contributed by atoms with E-state index in [1.807, 2.05) is 0 Å². The topological polar surface area (TPSA) is 185 Å². The maximum atomic E-state index is 13.2. The van der Waals surface area contributed by atoms with Gasteiger partial charge in [0.05, 0.1) is 19.0 Å². The van der Waals surface area contributed by atoms with Crippen molar-refractivity contribution in [3.63, 3.8) is 0 Å². The van der Waals surface area contributed by atoms with Crippen molar-refractivity contribution in [2.24, 2.45) is 23.3 Å². The molecule has 0 aromatic rings. The Balaban J connectivity index is 1.98. The molecule has 0 bridgehead atoms. The van der Waals surface area contributed by atoms with E-state index in [0.717, 1.165) is 70.9 Å². The van der Waals surface area contributed by atoms with Crippen molar-refractivity contribution in [3.05, 3.63) is 0 Å². The number of carbonyl (C=O) groups is 5. The van der Waals surface area contributed by atoms with Gasteiger partial charge in [-0.1, -0.05) is 32.1 Å². The minimum Gasteiger partial charge on any atom is -0.481 e. The zero-order chi connectivity index (χ0) is 27.4. The molecule has 0 radical (unpaired) electrons. The van der Waals surface area contributed by atoms with E-state index < -0.39 is 41.6 Å². The number of nitrogens with one attached hydrogen (secondary N) is 2. The number of Topliss-reactive ketones (excluding diaryl/α,β-unsaturated/α-hetero) is 1. The SMILES string of the molecule is CCN(CC(=O)NC(=O)[C@@](N)(CC1CCCCC1)C(=O)[C@@H](N)CC(=O)O)C(=O)CCCC1CCNCC1. The average molecular weight is 524 g/mol. The van der Waals surface area contributed by atoms with E-state index in [2.05, 4.69) is 10.6 Å². The van der Waals surface area contributed by atoms with Crippen molar-refractivity contribution in [2.45, 2.75) is 95.6 Å². The minimum atomic E-state index is -2.12. The molecule has 2 aliphatic rings. The molecule has 0 aromatic carbocycles. The lowest BCUT2D eigenvalue weighted by atomic mass is 9.75. The van der Waals surface area contributed by atoms with Crippen molar-refractivity contribution in [2.75, 3.05) is 26.2 Å². The Hall–Kier alpha value is -2.37. The van der Waals surface area contributed by atoms with E-state index >= 15 is 0 Å². The number of nitrogens with two attached hydrogens (primary N) is 2. The predicted molar refractivity (Wildman–Crippen MR) is 138 cm³/mol. The van der Waals surface area contributed by atoms with E-state index in [9.17, 15) is 24.0 Å². The fourth-order valence-corrected chi connectivity index (χ4v) is 5.46. The van der Waals surface area contributed by atoms with E-state index in [1.165, 1.54) is 4.90 Å². The molecular weight excluding hydrogens is 478 g/mol. The molecule has 2 fully saturated rings. The summed E-state index contributed by atoms with van der Waals surface area (Å²) < 4.78 is 0. The number of aliphatic carboxylic acids is 1. The van der Waals surface area contributed by atoms with Gasteiger partial charge in [-0.05, 0) is 64.0 Å². The lowest BCUT2D eigenvalue weighted by Crippen LogP contribution is -2.65. The van der Waals surface area contributed by atoms with Crippen LogP contribution in [0.15, 0.2) is 0 Å². The molecule has 0 unspecified atom stereocenters. The molecule has 11 nitrogen and oxygen atoms in total. The molecule has 37 heavy (non-hydrogen) atoms. The maximum absolute atomic E-state index is 13.2. The van der Waals surface area contributed by atoms with Crippen LogP contribution in [0, 0.1) is 11.8 Å². The van der Waals surface area contributed by atoms with Crippen molar-refractivity contribution < 1.29 is 29.1 Å². The van der Waals surface area contributed by atoms with E-state index in [1.54, 1.807) is 6.92 Å². The molecule has 210 valence electrons. The highest BCUT2D eigenvalue weighted by Crippen LogP contribution is 2.31. The van der Waals surface area contributed by atoms with Crippen molar-refractivity contribution >= 4 is 29.5 Å². The molecule has 3 amide bonds. The van der Waals surface area contributed by atoms with Crippen LogP contribution < -0.4 is 22.1 Å². The van der Waals surface area contributed by atoms with Crippen molar-refractivity contribution in [3.8, 4) is 0 Å². The second-order valence-electron chi connectivity index (χ2n) is 10.6. The Bertz CT molecular complexity index is 809. The summed E-state index contributed by atoms with van der Waals surface area (Å²) in [5.74, 6) is -3.48. The number of hydrogen-bond donors (Lipinski definition) is 5. The number of carbonyl (C=O) groups excluding carboxylic acids is 4. The summed E-state index contributed by atoms with van der Waals surface area (Å²) in [5, 5.41) is 14.6. The lowest BCUT2D eigenvalue weighted by Gasteiger charge is -2.33. The van der Waals surface area contributed by atoms with Gasteiger partial charge in [-0.3, -0.25) is 29.3 Å². The minimum absolute atomic E-state index is 0.00533. The Labute approximate surface area is 219 Å². The molecule has 1 aliphatic heterocycles. The van der Waals surface area contributed by atoms with Crippen LogP contribution in [-0.2, 0) is 24.0 Å². The quantitative estimate of drug-likeness (QED) is 0.204. The Morgan fingerprint density at radius 2 is 1.70 bits per heavy atom. The van der Waals surface area contributed by atoms with Crippen LogP contribution in [0.3, 0.4) is 0 Å². The lowest BCUT2D eigenvalue weighted by molar-refractivity contribution is -0.145. The van der Waals surface area contributed by atoms with Crippen molar-refractivity contribution in [1.29, 1.82) is 0 Å². The van der Waals surface area contributed by atoms with Crippen LogP contribution in [0.4, 0.5) is 0 Å². The number of carboxylic acids is 1. The second-order valence-corrected chi connectivity index (χ2v) is 10.6. The molecule has 0 aromatic heterocycles. The largest absolute Gasteiger partial charge is 0.481 e. The normalized spacial score (nSPS) is 19.4. The highest BCUT2D eigenvalue weighted by Gasteiger charge is 2.46. The molecule has 1 aliphatic carbocycles. The first kappa shape index (κ1) is 30.9. The molecular formula is C26H45N5O6. The smallest absolute Gasteiger partial charge is 0.305 e. The van der Waals surface area contributed by atoms with Crippen LogP contribution in [0.25, 0.3) is 0 Å². The van der Waals surface area contributed by atoms with Gasteiger partial charge in [0.15, 0.2) is 11.3 Å². The van der Waals surface area contributed by atoms with Gasteiger partial charge in [-0.15, -0.1) is 0 Å². The standard InChI is InChI=1S/C26H45N5O6/c1-2-31(22(33)10-6-9-18-11-13-29-14-12-18)17-21(32)30-25(37)26(28,16-19-7-4-3-5-8-19)24(36)20(27)15-23(34)35/h18-20,29H,2-17,27-28H2,1H3,(H,34,35)(H,30,32,37)/t20-,26+/m0/s1. The van der Waals surface area contributed by atoms with Gasteiger partial charge in [0.25, 0.3) is 5.91 Å². The van der Waals surface area contributed by atoms with Gasteiger partial charge >= 0.3 is 5.97 Å². The monoisotopic (exact) mass is 523 g/mol. The number of piperidine rings is 1. The summed E-state index contributed by atoms with van der Waals surface area (Å²) in [6, 6.07) is -1.47. The zero-order valence-corrected chi connectivity index (χ0v) is 22.1. The van der Waals surface area contributed by atoms with Gasteiger partial charge in [0.2, 0.25) is 11.8 Å². The van der Waals surface area contributed by atoms with E-state index in [0.29, 0.717) is 18.9 Å². The third kappa shape index (κ3) is 9.79. The third-order valence-electron chi connectivity index (χ3n) is 7.70. The molecule has 11 heteroatoms. The molecule has 2 atom stereocenters. The van der Waals surface area contributed by atoms with Crippen LogP contribution in [-0.4, -0.2) is 77.2 Å². The van der Waals surface area contributed by atoms with Crippen molar-refractivity contribution in [1.82, 2.24) is 15.5 Å². The first-order valence-electron chi connectivity index (χ1n) is 13.7. The molecule has 1 saturated heterocycles. The Kier molecular flexibility index (Phi) is 12.6. The molecule has 0 spiro atoms. The third-order valence-corrected chi connectivity index (χ3v) is 7.70. The first-order valence-corrected chi connectivity index (χ1v) is 13.7. The predicted octanol–water partition coefficient (Wildman–Crippen LogP) is 0.687. The fourth-order valence-electron chi connectivity index (χ4n) is 5.46. The highest BCUT2D eigenvalue weighted by molar-refractivity contribution is 6.16. The summed E-state index contributed by atoms with van der Waals surface area (Å²) in [7, 11) is 0. The summed E-state index contributed by atoms with van der Waals surface area (Å²) in [4.78, 5) is 64.2. The van der Waals surface area contributed by atoms with E-state index in [4.69, 9.17) is 16.6 Å². The van der Waals surface area contributed by atoms with Gasteiger partial charge in [0, 0.05) is 13.0 Å². The zero-order valence-electron chi connectivity index (χ0n) is 22.1. The van der Waals surface area contributed by atoms with E-state index in [-0.39, 0.29) is 24.8 Å². The number of rotatable bonds is 14. The number of hydrogen-bond acceptors (Lipinski definition) is 8. The number of nitrogens with zero attached hydrogens (tertiary/aromatic N) is 1. The number of carboxylic acid groups (broad SMARTS) is 1. The summed E-state index contributed by atoms with van der Waals surface area (Å²) >= 11 is 0. The fraction of sp³-hybridized carbons (Fsp3) is 0.808. The number of imide groups is 1. The van der Waals surface area contributed by atoms with Gasteiger partial charge in [-0.2, -0.15) is 0 Å². The molecule has 1 saturated carbocycles. The summed E-state index contributed by atoms with van der Waals surface area (Å²) in [6.07, 6.45) is 8.09. The van der Waals surface area contributed by atoms with Crippen LogP contribution in [0.2, 0.25) is 0 Å². The molecule has 1 heterocycles. The first-order chi connectivity index (χ1) is 17.6. The van der Waals surface area contributed by atoms with Gasteiger partial charge < -0.3 is 26.8 Å². The maximum Gasteiger partial charge on any atom is 0.305 e.